The van der Waals surface area contributed by atoms with Crippen molar-refractivity contribution in [3.63, 3.8) is 0 Å². The van der Waals surface area contributed by atoms with Crippen LogP contribution in [0.3, 0.4) is 0 Å². The summed E-state index contributed by atoms with van der Waals surface area (Å²) >= 11 is 5.73. The Kier molecular flexibility index (Phi) is 7.77. The lowest BCUT2D eigenvalue weighted by Gasteiger charge is -2.37. The highest BCUT2D eigenvalue weighted by Gasteiger charge is 2.31. The first-order valence-corrected chi connectivity index (χ1v) is 10.7. The Morgan fingerprint density at radius 2 is 1.77 bits per heavy atom. The Labute approximate surface area is 162 Å². The number of ether oxygens (including phenoxy) is 2. The summed E-state index contributed by atoms with van der Waals surface area (Å²) in [5, 5.41) is 0.172. The van der Waals surface area contributed by atoms with Crippen LogP contribution >= 0.6 is 11.6 Å². The van der Waals surface area contributed by atoms with E-state index in [0.717, 1.165) is 43.5 Å². The highest BCUT2D eigenvalue weighted by molar-refractivity contribution is 6.30. The maximum atomic E-state index is 13.5. The van der Waals surface area contributed by atoms with E-state index >= 15 is 0 Å². The summed E-state index contributed by atoms with van der Waals surface area (Å²) < 4.78 is 25.4. The molecule has 0 radical (unpaired) electrons. The van der Waals surface area contributed by atoms with Gasteiger partial charge >= 0.3 is 0 Å². The van der Waals surface area contributed by atoms with Crippen molar-refractivity contribution in [3.8, 4) is 0 Å². The summed E-state index contributed by atoms with van der Waals surface area (Å²) in [5.41, 5.74) is 0.937. The smallest absolute Gasteiger partial charge is 0.157 e. The lowest BCUT2D eigenvalue weighted by atomic mass is 9.75. The zero-order chi connectivity index (χ0) is 18.4. The largest absolute Gasteiger partial charge is 0.352 e. The third kappa shape index (κ3) is 5.68. The Balaban J connectivity index is 1.36. The fraction of sp³-hybridized carbons (Fsp3) is 0.727. The second-order valence-electron chi connectivity index (χ2n) is 8.07. The van der Waals surface area contributed by atoms with Crippen molar-refractivity contribution in [2.45, 2.75) is 71.0 Å². The predicted molar refractivity (Wildman–Crippen MR) is 104 cm³/mol. The van der Waals surface area contributed by atoms with Crippen LogP contribution in [0.25, 0.3) is 0 Å². The number of hydrogen-bond acceptors (Lipinski definition) is 2. The molecule has 0 amide bonds. The van der Waals surface area contributed by atoms with Gasteiger partial charge in [-0.15, -0.1) is 0 Å². The lowest BCUT2D eigenvalue weighted by Crippen LogP contribution is -2.37. The number of aryl methyl sites for hydroxylation is 1. The van der Waals surface area contributed by atoms with Gasteiger partial charge in [0.2, 0.25) is 0 Å². The number of benzene rings is 1. The average molecular weight is 383 g/mol. The summed E-state index contributed by atoms with van der Waals surface area (Å²) in [7, 11) is 0. The van der Waals surface area contributed by atoms with Crippen LogP contribution in [-0.4, -0.2) is 19.5 Å². The molecule has 1 aromatic rings. The first-order valence-electron chi connectivity index (χ1n) is 10.3. The Hall–Kier alpha value is -0.640. The van der Waals surface area contributed by atoms with Crippen LogP contribution in [0.2, 0.25) is 5.02 Å². The Morgan fingerprint density at radius 3 is 2.42 bits per heavy atom. The first kappa shape index (κ1) is 20.1. The van der Waals surface area contributed by atoms with Crippen molar-refractivity contribution in [1.29, 1.82) is 0 Å². The van der Waals surface area contributed by atoms with Gasteiger partial charge in [-0.05, 0) is 48.8 Å². The van der Waals surface area contributed by atoms with Crippen LogP contribution in [0.4, 0.5) is 4.39 Å². The number of unbranched alkanes of at least 4 members (excludes halogenated alkanes) is 1. The summed E-state index contributed by atoms with van der Waals surface area (Å²) in [5.74, 6) is 1.90. The zero-order valence-corrected chi connectivity index (χ0v) is 16.6. The summed E-state index contributed by atoms with van der Waals surface area (Å²) in [6.07, 6.45) is 10.9. The molecule has 1 aromatic carbocycles. The molecule has 1 saturated heterocycles. The molecule has 0 N–H and O–H groups in total. The first-order chi connectivity index (χ1) is 12.7. The van der Waals surface area contributed by atoms with Crippen LogP contribution in [-0.2, 0) is 15.9 Å². The van der Waals surface area contributed by atoms with E-state index in [4.69, 9.17) is 21.1 Å². The van der Waals surface area contributed by atoms with Crippen molar-refractivity contribution in [2.75, 3.05) is 13.2 Å². The van der Waals surface area contributed by atoms with Crippen LogP contribution in [0.1, 0.15) is 63.9 Å². The fourth-order valence-corrected chi connectivity index (χ4v) is 4.54. The molecule has 2 nitrogen and oxygen atoms in total. The summed E-state index contributed by atoms with van der Waals surface area (Å²) in [6, 6.07) is 4.99. The molecule has 4 heteroatoms. The quantitative estimate of drug-likeness (QED) is 0.543. The molecule has 26 heavy (non-hydrogen) atoms. The van der Waals surface area contributed by atoms with Gasteiger partial charge in [0.25, 0.3) is 0 Å². The molecule has 0 unspecified atom stereocenters. The third-order valence-corrected chi connectivity index (χ3v) is 6.48. The van der Waals surface area contributed by atoms with E-state index in [0.29, 0.717) is 5.92 Å². The van der Waals surface area contributed by atoms with Gasteiger partial charge in [-0.25, -0.2) is 4.39 Å². The molecule has 0 spiro atoms. The molecule has 1 saturated carbocycles. The molecule has 0 bridgehead atoms. The van der Waals surface area contributed by atoms with Gasteiger partial charge in [-0.1, -0.05) is 56.7 Å². The van der Waals surface area contributed by atoms with Gasteiger partial charge in [-0.2, -0.15) is 0 Å². The van der Waals surface area contributed by atoms with Crippen molar-refractivity contribution in [2.24, 2.45) is 17.8 Å². The lowest BCUT2D eigenvalue weighted by molar-refractivity contribution is -0.212. The highest BCUT2D eigenvalue weighted by Crippen LogP contribution is 2.37. The number of halogens is 2. The van der Waals surface area contributed by atoms with E-state index in [2.05, 4.69) is 6.92 Å². The second-order valence-corrected chi connectivity index (χ2v) is 8.47. The molecular weight excluding hydrogens is 351 g/mol. The van der Waals surface area contributed by atoms with E-state index in [1.54, 1.807) is 6.07 Å². The van der Waals surface area contributed by atoms with Gasteiger partial charge in [0.15, 0.2) is 6.29 Å². The average Bonchev–Trinajstić information content (AvgIpc) is 2.68. The molecule has 2 aliphatic rings. The monoisotopic (exact) mass is 382 g/mol. The normalized spacial score (nSPS) is 29.7. The maximum Gasteiger partial charge on any atom is 0.157 e. The molecular formula is C22H32ClFO2. The standard InChI is InChI=1S/C22H32ClFO2/c1-2-3-4-16-5-9-18(10-6-16)19-14-25-22(26-15-19)12-8-17-7-11-20(23)21(24)13-17/h7,11,13,16,18-19,22H,2-6,8-10,12,14-15H2,1H3. The minimum atomic E-state index is -0.357. The van der Waals surface area contributed by atoms with Crippen LogP contribution in [0.15, 0.2) is 18.2 Å². The van der Waals surface area contributed by atoms with E-state index in [9.17, 15) is 4.39 Å². The van der Waals surface area contributed by atoms with Gasteiger partial charge in [0, 0.05) is 12.3 Å². The van der Waals surface area contributed by atoms with E-state index < -0.39 is 0 Å². The molecule has 2 fully saturated rings. The predicted octanol–water partition coefficient (Wildman–Crippen LogP) is 6.40. The van der Waals surface area contributed by atoms with Crippen molar-refractivity contribution in [3.05, 3.63) is 34.6 Å². The second kappa shape index (κ2) is 10.1. The van der Waals surface area contributed by atoms with Crippen molar-refractivity contribution < 1.29 is 13.9 Å². The minimum Gasteiger partial charge on any atom is -0.352 e. The maximum absolute atomic E-state index is 13.5. The molecule has 1 aliphatic carbocycles. The fourth-order valence-electron chi connectivity index (χ4n) is 4.42. The minimum absolute atomic E-state index is 0.161. The Bertz CT molecular complexity index is 549. The van der Waals surface area contributed by atoms with E-state index in [1.807, 2.05) is 6.07 Å². The summed E-state index contributed by atoms with van der Waals surface area (Å²) in [4.78, 5) is 0. The molecule has 1 heterocycles. The number of hydrogen-bond donors (Lipinski definition) is 0. The van der Waals surface area contributed by atoms with Crippen LogP contribution in [0, 0.1) is 23.6 Å². The molecule has 3 rings (SSSR count). The Morgan fingerprint density at radius 1 is 1.04 bits per heavy atom. The highest BCUT2D eigenvalue weighted by atomic mass is 35.5. The van der Waals surface area contributed by atoms with Crippen LogP contribution < -0.4 is 0 Å². The van der Waals surface area contributed by atoms with Gasteiger partial charge in [-0.3, -0.25) is 0 Å². The van der Waals surface area contributed by atoms with E-state index in [1.165, 1.54) is 51.0 Å². The number of rotatable bonds is 7. The van der Waals surface area contributed by atoms with Gasteiger partial charge in [0.1, 0.15) is 5.82 Å². The zero-order valence-electron chi connectivity index (χ0n) is 15.9. The summed E-state index contributed by atoms with van der Waals surface area (Å²) in [6.45, 7) is 3.90. The molecule has 0 atom stereocenters. The van der Waals surface area contributed by atoms with Gasteiger partial charge < -0.3 is 9.47 Å². The van der Waals surface area contributed by atoms with Crippen LogP contribution in [0.5, 0.6) is 0 Å². The molecule has 0 aromatic heterocycles. The molecule has 146 valence electrons. The third-order valence-electron chi connectivity index (χ3n) is 6.17. The van der Waals surface area contributed by atoms with E-state index in [-0.39, 0.29) is 17.1 Å². The SMILES string of the molecule is CCCCC1CCC(C2COC(CCc3ccc(Cl)c(F)c3)OC2)CC1. The topological polar surface area (TPSA) is 18.5 Å². The van der Waals surface area contributed by atoms with Crippen molar-refractivity contribution >= 4 is 11.6 Å². The molecule has 1 aliphatic heterocycles. The van der Waals surface area contributed by atoms with Crippen molar-refractivity contribution in [1.82, 2.24) is 0 Å². The van der Waals surface area contributed by atoms with Gasteiger partial charge in [0.05, 0.1) is 18.2 Å².